The van der Waals surface area contributed by atoms with Crippen LogP contribution in [0.4, 0.5) is 4.79 Å². The molecule has 4 aromatic carbocycles. The van der Waals surface area contributed by atoms with Crippen molar-refractivity contribution in [1.29, 1.82) is 5.41 Å². The maximum Gasteiger partial charge on any atom is 0.315 e. The molecule has 8 rings (SSSR count). The molecule has 0 unspecified atom stereocenters. The summed E-state index contributed by atoms with van der Waals surface area (Å²) in [6.07, 6.45) is 1.48. The van der Waals surface area contributed by atoms with Crippen LogP contribution in [-0.4, -0.2) is 247 Å². The summed E-state index contributed by atoms with van der Waals surface area (Å²) >= 11 is 0. The summed E-state index contributed by atoms with van der Waals surface area (Å²) < 4.78 is 25.4. The molecule has 130 heavy (non-hydrogen) atoms. The molecule has 4 aromatic rings. The maximum absolute atomic E-state index is 15.0. The van der Waals surface area contributed by atoms with Crippen LogP contribution >= 0.6 is 0 Å². The summed E-state index contributed by atoms with van der Waals surface area (Å²) in [5.74, 6) is -12.7. The monoisotopic (exact) mass is 1820 g/mol. The van der Waals surface area contributed by atoms with E-state index in [4.69, 9.17) is 34.1 Å². The van der Waals surface area contributed by atoms with Crippen LogP contribution in [0, 0.1) is 11.3 Å². The van der Waals surface area contributed by atoms with Crippen molar-refractivity contribution < 1.29 is 89.9 Å². The molecule has 0 spiro atoms. The SMILES string of the molecule is CC(C)C[C@H](NC(=O)CNC(=O)[C@H](Cc1ccccc1)NC(=O)[C@H](Cc1ccccc1)NC(=O)[C@H](CCC(N)=O)NC(=O)[C@H](CCC(N)=O)NC(=O)[C@@H]1CCCN1C(=O)[C@H](CCCCN)NC(=O)[C@@H]1CCCN1C(=O)[C@H](CCCNC(=N)N)NC(=O)CCCCNC(=O)CCCC[C@H]1[C@H]2NC(=O)N[C@H]2CS1(=O)=O)C(=O)N[C@@H](Cc1ccc(C(=O)c2ccccc2)cc1)C(N)=O. The number of urea groups is 1. The van der Waals surface area contributed by atoms with Crippen LogP contribution in [0.2, 0.25) is 0 Å². The number of hydrogen-bond donors (Lipinski definition) is 19. The van der Waals surface area contributed by atoms with Crippen LogP contribution in [-0.2, 0) is 101 Å². The molecule has 0 bridgehead atoms. The summed E-state index contributed by atoms with van der Waals surface area (Å²) in [6.45, 7) is 3.57. The highest BCUT2D eigenvalue weighted by Crippen LogP contribution is 2.30. The van der Waals surface area contributed by atoms with Crippen molar-refractivity contribution in [3.63, 3.8) is 0 Å². The van der Waals surface area contributed by atoms with Crippen molar-refractivity contribution in [3.05, 3.63) is 143 Å². The molecule has 4 fully saturated rings. The molecule has 0 aliphatic carbocycles. The Morgan fingerprint density at radius 2 is 0.915 bits per heavy atom. The highest BCUT2D eigenvalue weighted by atomic mass is 32.2. The van der Waals surface area contributed by atoms with E-state index < -0.39 is 209 Å². The zero-order valence-corrected chi connectivity index (χ0v) is 74.2. The second-order valence-electron chi connectivity index (χ2n) is 33.7. The number of benzene rings is 4. The van der Waals surface area contributed by atoms with Crippen molar-refractivity contribution >= 4 is 116 Å². The van der Waals surface area contributed by atoms with Crippen LogP contribution in [0.5, 0.6) is 0 Å². The number of nitrogens with two attached hydrogens (primary N) is 5. The number of carbonyl (C=O) groups excluding carboxylic acids is 17. The topological polar surface area (TPSA) is 641 Å². The average molecular weight is 1830 g/mol. The largest absolute Gasteiger partial charge is 0.370 e. The third-order valence-corrected chi connectivity index (χ3v) is 25.3. The first kappa shape index (κ1) is 102. The molecule has 706 valence electrons. The van der Waals surface area contributed by atoms with Gasteiger partial charge in [-0.3, -0.25) is 82.1 Å². The number of rotatable bonds is 54. The predicted molar refractivity (Wildman–Crippen MR) is 478 cm³/mol. The lowest BCUT2D eigenvalue weighted by Gasteiger charge is -2.32. The Morgan fingerprint density at radius 1 is 0.454 bits per heavy atom. The minimum atomic E-state index is -3.42. The Morgan fingerprint density at radius 3 is 1.47 bits per heavy atom. The molecule has 0 aromatic heterocycles. The van der Waals surface area contributed by atoms with E-state index in [0.717, 1.165) is 0 Å². The third kappa shape index (κ3) is 32.7. The van der Waals surface area contributed by atoms with Gasteiger partial charge in [-0.25, -0.2) is 13.2 Å². The summed E-state index contributed by atoms with van der Waals surface area (Å²) in [6, 6.07) is 16.7. The van der Waals surface area contributed by atoms with Crippen molar-refractivity contribution in [2.45, 2.75) is 246 Å². The van der Waals surface area contributed by atoms with Gasteiger partial charge in [0.2, 0.25) is 88.6 Å². The van der Waals surface area contributed by atoms with Gasteiger partial charge < -0.3 is 108 Å². The standard InChI is InChI=1S/C89H125N21O19S/c1-53(2)47-64(82(121)104-63(78(93)117)48-56-34-36-58(37-35-56)77(116)57-25-10-5-11-26-57)100-75(115)51-98-79(118)65(49-54-21-6-3-7-22-54)105-83(122)66(50-55-23-8-4-9-24-55)106-81(120)59(38-40-71(91)111)101-80(119)60(39-41-72(92)112)102-84(123)68-29-19-46-110(68)87(126)62(27-14-16-42-90)103-85(124)69-30-20-45-109(69)86(125)61(28-18-44-97-88(94)95)99-74(114)33-15-17-43-96-73(113)32-13-12-31-70-76-67(52-130(70,128)129)107-89(127)108-76/h3-11,21-26,34-37,53,59-70,76H,12-20,27-33,38-52,90H2,1-2H3,(H2,91,111)(H2,92,112)(H2,93,117)(H,96,113)(H,98,118)(H,99,114)(H,100,115)(H,101,119)(H,102,123)(H,103,124)(H,104,121)(H,105,122)(H,106,120)(H4,94,95,97)(H2,107,108,127)/t59-,60-,61-,62-,63-,64-,65-,66-,67-,68-,69-,70-,76-/m0/s1. The van der Waals surface area contributed by atoms with Gasteiger partial charge in [-0.05, 0) is 132 Å². The summed E-state index contributed by atoms with van der Waals surface area (Å²) in [7, 11) is -3.42. The van der Waals surface area contributed by atoms with Gasteiger partial charge in [-0.2, -0.15) is 0 Å². The zero-order valence-electron chi connectivity index (χ0n) is 73.4. The number of sulfone groups is 1. The summed E-state index contributed by atoms with van der Waals surface area (Å²) in [4.78, 5) is 237. The highest BCUT2D eigenvalue weighted by molar-refractivity contribution is 7.92. The Bertz CT molecular complexity index is 4750. The number of primary amides is 3. The molecule has 13 atom stereocenters. The van der Waals surface area contributed by atoms with Gasteiger partial charge in [0.05, 0.1) is 29.6 Å². The van der Waals surface area contributed by atoms with E-state index in [0.29, 0.717) is 79.2 Å². The second-order valence-corrected chi connectivity index (χ2v) is 35.9. The number of hydrogen-bond acceptors (Lipinski definition) is 21. The first-order valence-electron chi connectivity index (χ1n) is 44.3. The molecule has 0 saturated carbocycles. The highest BCUT2D eigenvalue weighted by Gasteiger charge is 2.52. The first-order valence-corrected chi connectivity index (χ1v) is 46.0. The minimum absolute atomic E-state index is 0.00526. The van der Waals surface area contributed by atoms with Crippen LogP contribution in [0.1, 0.15) is 181 Å². The van der Waals surface area contributed by atoms with Crippen LogP contribution in [0.3, 0.4) is 0 Å². The van der Waals surface area contributed by atoms with Gasteiger partial charge in [0.1, 0.15) is 60.4 Å². The Balaban J connectivity index is 0.895. The lowest BCUT2D eigenvalue weighted by molar-refractivity contribution is -0.144. The van der Waals surface area contributed by atoms with Gasteiger partial charge in [0.25, 0.3) is 0 Å². The number of fused-ring (bicyclic) bond motifs is 1. The predicted octanol–water partition coefficient (Wildman–Crippen LogP) is -1.93. The number of unbranched alkanes of at least 4 members (excludes halogenated alkanes) is 3. The fourth-order valence-corrected chi connectivity index (χ4v) is 18.5. The molecule has 41 heteroatoms. The molecule has 17 amide bonds. The summed E-state index contributed by atoms with van der Waals surface area (Å²) in [5.41, 5.74) is 30.9. The van der Waals surface area contributed by atoms with E-state index in [9.17, 15) is 89.9 Å². The van der Waals surface area contributed by atoms with Gasteiger partial charge in [-0.1, -0.05) is 136 Å². The van der Waals surface area contributed by atoms with E-state index in [1.54, 1.807) is 129 Å². The van der Waals surface area contributed by atoms with Crippen LogP contribution < -0.4 is 97.8 Å². The van der Waals surface area contributed by atoms with Gasteiger partial charge in [0.15, 0.2) is 21.6 Å². The van der Waals surface area contributed by atoms with Crippen molar-refractivity contribution in [2.24, 2.45) is 34.6 Å². The number of amides is 17. The number of ketones is 1. The summed E-state index contributed by atoms with van der Waals surface area (Å²) in [5, 5.41) is 41.6. The van der Waals surface area contributed by atoms with E-state index in [2.05, 4.69) is 69.1 Å². The van der Waals surface area contributed by atoms with Crippen molar-refractivity contribution in [1.82, 2.24) is 78.9 Å². The first-order chi connectivity index (χ1) is 62.1. The van der Waals surface area contributed by atoms with Gasteiger partial charge in [-0.15, -0.1) is 0 Å². The Labute approximate surface area is 755 Å². The molecule has 40 nitrogen and oxygen atoms in total. The van der Waals surface area contributed by atoms with E-state index in [1.165, 1.54) is 9.80 Å². The van der Waals surface area contributed by atoms with Gasteiger partial charge in [0, 0.05) is 82.3 Å². The molecule has 24 N–H and O–H groups in total. The molecular formula is C89H125N21O19S. The molecule has 0 radical (unpaired) electrons. The molecule has 4 aliphatic heterocycles. The van der Waals surface area contributed by atoms with Crippen molar-refractivity contribution in [3.8, 4) is 0 Å². The Kier molecular flexibility index (Phi) is 40.4. The zero-order chi connectivity index (χ0) is 94.6. The molecule has 4 aliphatic rings. The number of nitrogens with one attached hydrogen (secondary N) is 14. The smallest absolute Gasteiger partial charge is 0.315 e. The average Bonchev–Trinajstić information content (AvgIpc) is 1.61. The van der Waals surface area contributed by atoms with Crippen molar-refractivity contribution in [2.75, 3.05) is 45.0 Å². The number of nitrogens with zero attached hydrogens (tertiary/aromatic N) is 2. The number of guanidine groups is 1. The molecule has 4 heterocycles. The van der Waals surface area contributed by atoms with Crippen LogP contribution in [0.15, 0.2) is 115 Å². The maximum atomic E-state index is 15.0. The normalized spacial score (nSPS) is 18.3. The van der Waals surface area contributed by atoms with Crippen LogP contribution in [0.25, 0.3) is 0 Å². The van der Waals surface area contributed by atoms with E-state index in [1.807, 2.05) is 0 Å². The fraction of sp³-hybridized carbons (Fsp3) is 0.528. The van der Waals surface area contributed by atoms with E-state index >= 15 is 0 Å². The third-order valence-electron chi connectivity index (χ3n) is 23.1. The number of carbonyl (C=O) groups is 17. The second kappa shape index (κ2) is 51.3. The number of likely N-dealkylation sites (tertiary alicyclic amines) is 2. The molecule has 4 saturated heterocycles. The molecular weight excluding hydrogens is 1700 g/mol. The quantitative estimate of drug-likeness (QED) is 0.00752. The Hall–Kier alpha value is -13.0. The fourth-order valence-electron chi connectivity index (χ4n) is 16.3. The van der Waals surface area contributed by atoms with Gasteiger partial charge >= 0.3 is 6.03 Å². The lowest BCUT2D eigenvalue weighted by Crippen LogP contribution is -2.60. The lowest BCUT2D eigenvalue weighted by atomic mass is 9.98. The van der Waals surface area contributed by atoms with E-state index in [-0.39, 0.29) is 139 Å². The minimum Gasteiger partial charge on any atom is -0.370 e.